The summed E-state index contributed by atoms with van der Waals surface area (Å²) in [5.41, 5.74) is 5.82. The minimum atomic E-state index is -0.651. The van der Waals surface area contributed by atoms with Gasteiger partial charge < -0.3 is 15.2 Å². The van der Waals surface area contributed by atoms with Crippen molar-refractivity contribution in [3.05, 3.63) is 35.4 Å². The van der Waals surface area contributed by atoms with Crippen LogP contribution >= 0.6 is 0 Å². The number of benzene rings is 1. The van der Waals surface area contributed by atoms with Crippen LogP contribution in [0.5, 0.6) is 0 Å². The van der Waals surface area contributed by atoms with E-state index >= 15 is 0 Å². The Morgan fingerprint density at radius 1 is 1.21 bits per heavy atom. The van der Waals surface area contributed by atoms with Crippen LogP contribution in [0.2, 0.25) is 0 Å². The van der Waals surface area contributed by atoms with Gasteiger partial charge in [-0.3, -0.25) is 0 Å². The van der Waals surface area contributed by atoms with Gasteiger partial charge in [0.05, 0.1) is 31.5 Å². The maximum Gasteiger partial charge on any atom is 0.130 e. The molecule has 0 aliphatic carbocycles. The van der Waals surface area contributed by atoms with Crippen LogP contribution in [0, 0.1) is 11.6 Å². The molecule has 1 rings (SSSR count). The van der Waals surface area contributed by atoms with Crippen LogP contribution in [0.15, 0.2) is 18.2 Å². The monoisotopic (exact) mass is 273 g/mol. The molecule has 0 saturated carbocycles. The zero-order valence-corrected chi connectivity index (χ0v) is 11.6. The molecule has 1 aromatic carbocycles. The van der Waals surface area contributed by atoms with Crippen molar-refractivity contribution in [2.45, 2.75) is 32.4 Å². The minimum Gasteiger partial charge on any atom is -0.377 e. The quantitative estimate of drug-likeness (QED) is 0.811. The molecule has 0 saturated heterocycles. The highest BCUT2D eigenvalue weighted by molar-refractivity contribution is 5.21. The first kappa shape index (κ1) is 16.0. The Kier molecular flexibility index (Phi) is 5.85. The van der Waals surface area contributed by atoms with Crippen LogP contribution in [0.1, 0.15) is 32.4 Å². The molecule has 2 N–H and O–H groups in total. The van der Waals surface area contributed by atoms with Gasteiger partial charge in [-0.1, -0.05) is 6.07 Å². The second-order valence-corrected chi connectivity index (χ2v) is 5.31. The molecule has 1 aromatic rings. The van der Waals surface area contributed by atoms with Crippen LogP contribution in [-0.4, -0.2) is 25.4 Å². The predicted molar refractivity (Wildman–Crippen MR) is 69.8 cm³/mol. The molecule has 0 aliphatic rings. The van der Waals surface area contributed by atoms with Gasteiger partial charge in [-0.05, 0) is 26.8 Å². The number of halogens is 2. The number of rotatable bonds is 6. The number of ether oxygens (including phenoxy) is 2. The zero-order chi connectivity index (χ0) is 14.5. The van der Waals surface area contributed by atoms with Crippen molar-refractivity contribution in [2.24, 2.45) is 5.73 Å². The average molecular weight is 273 g/mol. The first-order valence-electron chi connectivity index (χ1n) is 6.22. The maximum absolute atomic E-state index is 13.4. The number of hydrogen-bond acceptors (Lipinski definition) is 3. The van der Waals surface area contributed by atoms with Crippen molar-refractivity contribution in [3.63, 3.8) is 0 Å². The molecule has 0 radical (unpaired) electrons. The lowest BCUT2D eigenvalue weighted by Crippen LogP contribution is -2.24. The van der Waals surface area contributed by atoms with Gasteiger partial charge in [-0.15, -0.1) is 0 Å². The summed E-state index contributed by atoms with van der Waals surface area (Å²) in [6.07, 6.45) is 0. The molecule has 19 heavy (non-hydrogen) atoms. The summed E-state index contributed by atoms with van der Waals surface area (Å²) >= 11 is 0. The van der Waals surface area contributed by atoms with Gasteiger partial charge in [0.1, 0.15) is 11.6 Å². The van der Waals surface area contributed by atoms with Gasteiger partial charge in [0.25, 0.3) is 0 Å². The van der Waals surface area contributed by atoms with Crippen molar-refractivity contribution in [3.8, 4) is 0 Å². The molecule has 3 nitrogen and oxygen atoms in total. The normalized spacial score (nSPS) is 13.6. The third kappa shape index (κ3) is 6.09. The summed E-state index contributed by atoms with van der Waals surface area (Å²) in [6.45, 7) is 6.85. The van der Waals surface area contributed by atoms with E-state index in [1.54, 1.807) is 0 Å². The third-order valence-corrected chi connectivity index (χ3v) is 2.42. The summed E-state index contributed by atoms with van der Waals surface area (Å²) in [6, 6.07) is 2.72. The first-order valence-corrected chi connectivity index (χ1v) is 6.22. The average Bonchev–Trinajstić information content (AvgIpc) is 2.26. The highest BCUT2D eigenvalue weighted by Crippen LogP contribution is 2.16. The zero-order valence-electron chi connectivity index (χ0n) is 11.6. The fourth-order valence-electron chi connectivity index (χ4n) is 1.51. The lowest BCUT2D eigenvalue weighted by Gasteiger charge is -2.20. The smallest absolute Gasteiger partial charge is 0.130 e. The fourth-order valence-corrected chi connectivity index (χ4v) is 1.51. The van der Waals surface area contributed by atoms with Crippen LogP contribution < -0.4 is 5.73 Å². The first-order chi connectivity index (χ1) is 8.79. The number of hydrogen-bond donors (Lipinski definition) is 1. The Balaban J connectivity index is 2.33. The lowest BCUT2D eigenvalue weighted by molar-refractivity contribution is -0.0364. The molecule has 0 heterocycles. The standard InChI is InChI=1S/C14H21F2NO2/c1-14(2,3)19-7-6-18-9-13(17)11-5-4-10(15)8-12(11)16/h4-5,8,13H,6-7,9,17H2,1-3H3. The van der Waals surface area contributed by atoms with Crippen molar-refractivity contribution < 1.29 is 18.3 Å². The van der Waals surface area contributed by atoms with E-state index in [0.29, 0.717) is 13.2 Å². The summed E-state index contributed by atoms with van der Waals surface area (Å²) in [7, 11) is 0. The van der Waals surface area contributed by atoms with Gasteiger partial charge in [0.2, 0.25) is 0 Å². The molecule has 0 bridgehead atoms. The Morgan fingerprint density at radius 2 is 1.89 bits per heavy atom. The molecule has 108 valence electrons. The van der Waals surface area contributed by atoms with Gasteiger partial charge in [0, 0.05) is 11.6 Å². The molecule has 0 fully saturated rings. The van der Waals surface area contributed by atoms with E-state index in [4.69, 9.17) is 15.2 Å². The SMILES string of the molecule is CC(C)(C)OCCOCC(N)c1ccc(F)cc1F. The van der Waals surface area contributed by atoms with E-state index < -0.39 is 17.7 Å². The van der Waals surface area contributed by atoms with Gasteiger partial charge in [0.15, 0.2) is 0 Å². The van der Waals surface area contributed by atoms with E-state index in [1.165, 1.54) is 12.1 Å². The van der Waals surface area contributed by atoms with Crippen molar-refractivity contribution in [1.29, 1.82) is 0 Å². The van der Waals surface area contributed by atoms with Crippen LogP contribution in [0.4, 0.5) is 8.78 Å². The van der Waals surface area contributed by atoms with E-state index in [0.717, 1.165) is 6.07 Å². The van der Waals surface area contributed by atoms with E-state index in [9.17, 15) is 8.78 Å². The Morgan fingerprint density at radius 3 is 2.47 bits per heavy atom. The molecule has 0 amide bonds. The number of nitrogens with two attached hydrogens (primary N) is 1. The van der Waals surface area contributed by atoms with E-state index in [-0.39, 0.29) is 17.8 Å². The Labute approximate surface area is 112 Å². The second-order valence-electron chi connectivity index (χ2n) is 5.31. The molecule has 5 heteroatoms. The second kappa shape index (κ2) is 6.93. The summed E-state index contributed by atoms with van der Waals surface area (Å²) in [5, 5.41) is 0. The van der Waals surface area contributed by atoms with Gasteiger partial charge in [-0.25, -0.2) is 8.78 Å². The molecular formula is C14H21F2NO2. The fraction of sp³-hybridized carbons (Fsp3) is 0.571. The van der Waals surface area contributed by atoms with Crippen molar-refractivity contribution in [1.82, 2.24) is 0 Å². The third-order valence-electron chi connectivity index (χ3n) is 2.42. The summed E-state index contributed by atoms with van der Waals surface area (Å²) in [4.78, 5) is 0. The van der Waals surface area contributed by atoms with Crippen LogP contribution in [0.3, 0.4) is 0 Å². The topological polar surface area (TPSA) is 44.5 Å². The molecule has 0 aliphatic heterocycles. The molecule has 0 spiro atoms. The van der Waals surface area contributed by atoms with E-state index in [2.05, 4.69) is 0 Å². The molecular weight excluding hydrogens is 252 g/mol. The summed E-state index contributed by atoms with van der Waals surface area (Å²) in [5.74, 6) is -1.27. The minimum absolute atomic E-state index is 0.163. The Hall–Kier alpha value is -1.04. The lowest BCUT2D eigenvalue weighted by atomic mass is 10.1. The largest absolute Gasteiger partial charge is 0.377 e. The molecule has 1 unspecified atom stereocenters. The van der Waals surface area contributed by atoms with Crippen molar-refractivity contribution >= 4 is 0 Å². The Bertz CT molecular complexity index is 405. The summed E-state index contributed by atoms with van der Waals surface area (Å²) < 4.78 is 37.0. The molecule has 0 aromatic heterocycles. The van der Waals surface area contributed by atoms with E-state index in [1.807, 2.05) is 20.8 Å². The molecule has 1 atom stereocenters. The highest BCUT2D eigenvalue weighted by atomic mass is 19.1. The van der Waals surface area contributed by atoms with Crippen LogP contribution in [0.25, 0.3) is 0 Å². The predicted octanol–water partition coefficient (Wildman–Crippen LogP) is 2.80. The van der Waals surface area contributed by atoms with Crippen molar-refractivity contribution in [2.75, 3.05) is 19.8 Å². The van der Waals surface area contributed by atoms with Gasteiger partial charge in [-0.2, -0.15) is 0 Å². The maximum atomic E-state index is 13.4. The van der Waals surface area contributed by atoms with Crippen LogP contribution in [-0.2, 0) is 9.47 Å². The highest BCUT2D eigenvalue weighted by Gasteiger charge is 2.13. The van der Waals surface area contributed by atoms with Gasteiger partial charge >= 0.3 is 0 Å².